The highest BCUT2D eigenvalue weighted by atomic mass is 32.2. The lowest BCUT2D eigenvalue weighted by Crippen LogP contribution is -2.53. The van der Waals surface area contributed by atoms with Crippen molar-refractivity contribution in [3.63, 3.8) is 0 Å². The zero-order valence-electron chi connectivity index (χ0n) is 24.2. The molecule has 11 heteroatoms. The minimum Gasteiger partial charge on any atom is -0.357 e. The van der Waals surface area contributed by atoms with E-state index in [0.717, 1.165) is 23.3 Å². The van der Waals surface area contributed by atoms with Crippen molar-refractivity contribution in [2.24, 2.45) is 0 Å². The number of hydrogen-bond acceptors (Lipinski definition) is 4. The third-order valence-electron chi connectivity index (χ3n) is 7.06. The molecular formula is C33H32F3N3O4S. The molecule has 1 unspecified atom stereocenters. The van der Waals surface area contributed by atoms with Gasteiger partial charge >= 0.3 is 6.18 Å². The van der Waals surface area contributed by atoms with E-state index in [0.29, 0.717) is 15.9 Å². The van der Waals surface area contributed by atoms with Gasteiger partial charge in [0.1, 0.15) is 12.6 Å². The average Bonchev–Trinajstić information content (AvgIpc) is 3.02. The normalized spacial score (nSPS) is 12.3. The third-order valence-corrected chi connectivity index (χ3v) is 8.85. The average molecular weight is 624 g/mol. The number of amides is 2. The molecular weight excluding hydrogens is 591 g/mol. The zero-order chi connectivity index (χ0) is 31.9. The number of rotatable bonds is 11. The molecule has 0 aliphatic heterocycles. The number of anilines is 1. The van der Waals surface area contributed by atoms with Crippen LogP contribution < -0.4 is 9.62 Å². The summed E-state index contributed by atoms with van der Waals surface area (Å²) in [5.74, 6) is -1.25. The molecule has 4 rings (SSSR count). The van der Waals surface area contributed by atoms with Crippen LogP contribution in [0, 0.1) is 6.92 Å². The summed E-state index contributed by atoms with van der Waals surface area (Å²) in [4.78, 5) is 28.6. The van der Waals surface area contributed by atoms with Gasteiger partial charge in [-0.2, -0.15) is 13.2 Å². The molecule has 4 aromatic rings. The Morgan fingerprint density at radius 3 is 2.02 bits per heavy atom. The molecule has 0 fully saturated rings. The van der Waals surface area contributed by atoms with Crippen LogP contribution >= 0.6 is 0 Å². The number of halogens is 3. The molecule has 1 atom stereocenters. The van der Waals surface area contributed by atoms with Crippen LogP contribution in [0.4, 0.5) is 18.9 Å². The van der Waals surface area contributed by atoms with Crippen LogP contribution in [0.2, 0.25) is 0 Å². The lowest BCUT2D eigenvalue weighted by atomic mass is 10.0. The maximum Gasteiger partial charge on any atom is 0.416 e. The van der Waals surface area contributed by atoms with Gasteiger partial charge in [-0.1, -0.05) is 84.4 Å². The second-order valence-corrected chi connectivity index (χ2v) is 12.1. The van der Waals surface area contributed by atoms with Gasteiger partial charge in [-0.25, -0.2) is 8.42 Å². The summed E-state index contributed by atoms with van der Waals surface area (Å²) >= 11 is 0. The lowest BCUT2D eigenvalue weighted by molar-refractivity contribution is -0.139. The van der Waals surface area contributed by atoms with Gasteiger partial charge in [0.15, 0.2) is 0 Å². The number of alkyl halides is 3. The SMILES string of the molecule is CNC(=O)C(Cc1ccccc1)N(Cc1ccc(C)cc1)C(=O)CN(c1cccc(C(F)(F)F)c1)S(=O)(=O)c1ccccc1. The Labute approximate surface area is 255 Å². The number of likely N-dealkylation sites (N-methyl/N-ethyl adjacent to an activating group) is 1. The number of aryl methyl sites for hydroxylation is 1. The molecule has 1 N–H and O–H groups in total. The van der Waals surface area contributed by atoms with E-state index in [4.69, 9.17) is 0 Å². The standard InChI is InChI=1S/C33H32F3N3O4S/c1-24-16-18-26(19-17-24)22-38(30(32(41)37-2)20-25-10-5-3-6-11-25)31(40)23-39(44(42,43)29-14-7-4-8-15-29)28-13-9-12-27(21-28)33(34,35)36/h3-19,21,30H,20,22-23H2,1-2H3,(H,37,41). The van der Waals surface area contributed by atoms with Gasteiger partial charge in [-0.3, -0.25) is 13.9 Å². The topological polar surface area (TPSA) is 86.8 Å². The number of benzene rings is 4. The van der Waals surface area contributed by atoms with Gasteiger partial charge in [-0.15, -0.1) is 0 Å². The molecule has 0 aromatic heterocycles. The first-order chi connectivity index (χ1) is 20.9. The minimum absolute atomic E-state index is 0.0498. The molecule has 2 amide bonds. The first-order valence-corrected chi connectivity index (χ1v) is 15.2. The summed E-state index contributed by atoms with van der Waals surface area (Å²) in [5, 5.41) is 2.59. The second kappa shape index (κ2) is 13.8. The maximum atomic E-state index is 14.2. The fourth-order valence-electron chi connectivity index (χ4n) is 4.70. The van der Waals surface area contributed by atoms with Crippen molar-refractivity contribution < 1.29 is 31.2 Å². The van der Waals surface area contributed by atoms with Gasteiger partial charge in [0.2, 0.25) is 11.8 Å². The van der Waals surface area contributed by atoms with Crippen LogP contribution in [0.3, 0.4) is 0 Å². The molecule has 0 heterocycles. The number of carbonyl (C=O) groups is 2. The monoisotopic (exact) mass is 623 g/mol. The number of carbonyl (C=O) groups excluding carboxylic acids is 2. The second-order valence-electron chi connectivity index (χ2n) is 10.2. The van der Waals surface area contributed by atoms with Crippen molar-refractivity contribution in [3.05, 3.63) is 131 Å². The highest BCUT2D eigenvalue weighted by Crippen LogP contribution is 2.33. The van der Waals surface area contributed by atoms with Crippen LogP contribution in [0.15, 0.2) is 114 Å². The molecule has 0 bridgehead atoms. The Balaban J connectivity index is 1.81. The van der Waals surface area contributed by atoms with Crippen molar-refractivity contribution in [1.29, 1.82) is 0 Å². The van der Waals surface area contributed by atoms with E-state index in [1.807, 2.05) is 25.1 Å². The Kier molecular flexibility index (Phi) is 10.1. The van der Waals surface area contributed by atoms with E-state index in [-0.39, 0.29) is 23.5 Å². The Hall–Kier alpha value is -4.64. The number of sulfonamides is 1. The van der Waals surface area contributed by atoms with Crippen molar-refractivity contribution in [2.75, 3.05) is 17.9 Å². The van der Waals surface area contributed by atoms with E-state index < -0.39 is 46.2 Å². The first-order valence-electron chi connectivity index (χ1n) is 13.8. The van der Waals surface area contributed by atoms with E-state index in [1.54, 1.807) is 42.5 Å². The van der Waals surface area contributed by atoms with Gasteiger partial charge in [0.05, 0.1) is 16.1 Å². The molecule has 44 heavy (non-hydrogen) atoms. The molecule has 0 aliphatic rings. The van der Waals surface area contributed by atoms with Crippen LogP contribution in [0.25, 0.3) is 0 Å². The Morgan fingerprint density at radius 1 is 0.818 bits per heavy atom. The summed E-state index contributed by atoms with van der Waals surface area (Å²) in [6.07, 6.45) is -4.63. The summed E-state index contributed by atoms with van der Waals surface area (Å²) in [6, 6.07) is 26.2. The molecule has 7 nitrogen and oxygen atoms in total. The molecule has 0 radical (unpaired) electrons. The van der Waals surface area contributed by atoms with Gasteiger partial charge in [-0.05, 0) is 48.4 Å². The largest absolute Gasteiger partial charge is 0.416 e. The summed E-state index contributed by atoms with van der Waals surface area (Å²) in [6.45, 7) is 0.995. The molecule has 4 aromatic carbocycles. The van der Waals surface area contributed by atoms with E-state index in [9.17, 15) is 31.2 Å². The first kappa shape index (κ1) is 32.3. The number of hydrogen-bond donors (Lipinski definition) is 1. The van der Waals surface area contributed by atoms with Gasteiger partial charge in [0.25, 0.3) is 10.0 Å². The van der Waals surface area contributed by atoms with Crippen LogP contribution in [0.1, 0.15) is 22.3 Å². The fourth-order valence-corrected chi connectivity index (χ4v) is 6.12. The lowest BCUT2D eigenvalue weighted by Gasteiger charge is -2.33. The predicted molar refractivity (Wildman–Crippen MR) is 162 cm³/mol. The molecule has 0 spiro atoms. The van der Waals surface area contributed by atoms with Gasteiger partial charge in [0, 0.05) is 20.0 Å². The third kappa shape index (κ3) is 7.84. The maximum absolute atomic E-state index is 14.2. The van der Waals surface area contributed by atoms with Gasteiger partial charge < -0.3 is 10.2 Å². The van der Waals surface area contributed by atoms with E-state index >= 15 is 0 Å². The Morgan fingerprint density at radius 2 is 1.43 bits per heavy atom. The minimum atomic E-state index is -4.75. The predicted octanol–water partition coefficient (Wildman–Crippen LogP) is 5.60. The Bertz CT molecular complexity index is 1680. The van der Waals surface area contributed by atoms with Crippen LogP contribution in [0.5, 0.6) is 0 Å². The number of nitrogens with zero attached hydrogens (tertiary/aromatic N) is 2. The highest BCUT2D eigenvalue weighted by molar-refractivity contribution is 7.92. The van der Waals surface area contributed by atoms with Crippen LogP contribution in [-0.2, 0) is 38.8 Å². The zero-order valence-corrected chi connectivity index (χ0v) is 25.0. The summed E-state index contributed by atoms with van der Waals surface area (Å²) < 4.78 is 69.4. The highest BCUT2D eigenvalue weighted by Gasteiger charge is 2.36. The molecule has 0 aliphatic carbocycles. The van der Waals surface area contributed by atoms with Crippen LogP contribution in [-0.4, -0.2) is 44.8 Å². The van der Waals surface area contributed by atoms with Crippen molar-refractivity contribution >= 4 is 27.5 Å². The van der Waals surface area contributed by atoms with Crippen molar-refractivity contribution in [1.82, 2.24) is 10.2 Å². The van der Waals surface area contributed by atoms with Crippen molar-refractivity contribution in [3.8, 4) is 0 Å². The quantitative estimate of drug-likeness (QED) is 0.236. The molecule has 0 saturated heterocycles. The molecule has 230 valence electrons. The fraction of sp³-hybridized carbons (Fsp3) is 0.212. The smallest absolute Gasteiger partial charge is 0.357 e. The van der Waals surface area contributed by atoms with Crippen molar-refractivity contribution in [2.45, 2.75) is 37.0 Å². The summed E-state index contributed by atoms with van der Waals surface area (Å²) in [5.41, 5.74) is 1.01. The number of nitrogens with one attached hydrogen (secondary N) is 1. The van der Waals surface area contributed by atoms with E-state index in [2.05, 4.69) is 5.32 Å². The molecule has 0 saturated carbocycles. The van der Waals surface area contributed by atoms with E-state index in [1.165, 1.54) is 42.3 Å². The summed E-state index contributed by atoms with van der Waals surface area (Å²) in [7, 11) is -3.08.